The van der Waals surface area contributed by atoms with Crippen molar-refractivity contribution in [2.45, 2.75) is 57.3 Å². The van der Waals surface area contributed by atoms with E-state index in [9.17, 15) is 13.2 Å². The summed E-state index contributed by atoms with van der Waals surface area (Å²) in [5.74, 6) is 0. The van der Waals surface area contributed by atoms with Gasteiger partial charge in [-0.15, -0.1) is 0 Å². The van der Waals surface area contributed by atoms with Crippen LogP contribution >= 0.6 is 0 Å². The Morgan fingerprint density at radius 2 is 2.00 bits per heavy atom. The molecule has 0 unspecified atom stereocenters. The maximum Gasteiger partial charge on any atom is 0.433 e. The first-order valence-electron chi connectivity index (χ1n) is 8.59. The van der Waals surface area contributed by atoms with E-state index in [0.29, 0.717) is 18.2 Å². The van der Waals surface area contributed by atoms with Crippen LogP contribution < -0.4 is 0 Å². The highest BCUT2D eigenvalue weighted by Gasteiger charge is 2.38. The molecular formula is C18H28F3N3. The Labute approximate surface area is 142 Å². The topological polar surface area (TPSA) is 19.4 Å². The summed E-state index contributed by atoms with van der Waals surface area (Å²) in [6.07, 6.45) is -0.811. The fraction of sp³-hybridized carbons (Fsp3) is 0.722. The number of aryl methyl sites for hydroxylation is 1. The van der Waals surface area contributed by atoms with E-state index >= 15 is 0 Å². The first-order valence-corrected chi connectivity index (χ1v) is 8.59. The van der Waals surface area contributed by atoms with Crippen molar-refractivity contribution in [1.82, 2.24) is 14.8 Å². The Morgan fingerprint density at radius 3 is 2.58 bits per heavy atom. The van der Waals surface area contributed by atoms with Gasteiger partial charge in [-0.25, -0.2) is 4.98 Å². The van der Waals surface area contributed by atoms with Gasteiger partial charge in [0.1, 0.15) is 5.69 Å². The molecule has 2 heterocycles. The maximum atomic E-state index is 12.8. The first-order chi connectivity index (χ1) is 11.1. The maximum absolute atomic E-state index is 12.8. The van der Waals surface area contributed by atoms with Gasteiger partial charge < -0.3 is 4.90 Å². The standard InChI is InChI=1S/C18H28F3N3/c1-14(2)24-12-6-10-17(13-24,23(3)4)11-9-15-7-5-8-16(22-15)18(19,20)21/h5,7-8,14H,6,9-13H2,1-4H3/t17-/m0/s1. The zero-order valence-corrected chi connectivity index (χ0v) is 15.0. The monoisotopic (exact) mass is 343 g/mol. The molecule has 0 aromatic carbocycles. The lowest BCUT2D eigenvalue weighted by atomic mass is 9.82. The second-order valence-electron chi connectivity index (χ2n) is 7.30. The fourth-order valence-corrected chi connectivity index (χ4v) is 3.52. The van der Waals surface area contributed by atoms with Gasteiger partial charge in [-0.1, -0.05) is 6.07 Å². The number of halogens is 3. The third-order valence-corrected chi connectivity index (χ3v) is 5.21. The van der Waals surface area contributed by atoms with Crippen molar-refractivity contribution in [3.8, 4) is 0 Å². The number of likely N-dealkylation sites (N-methyl/N-ethyl adjacent to an activating group) is 1. The molecule has 0 aliphatic carbocycles. The van der Waals surface area contributed by atoms with Crippen LogP contribution in [-0.4, -0.2) is 53.5 Å². The minimum Gasteiger partial charge on any atom is -0.302 e. The average Bonchev–Trinajstić information content (AvgIpc) is 2.52. The Hall–Kier alpha value is -1.14. The van der Waals surface area contributed by atoms with E-state index in [1.54, 1.807) is 6.07 Å². The van der Waals surface area contributed by atoms with Gasteiger partial charge in [0.25, 0.3) is 0 Å². The summed E-state index contributed by atoms with van der Waals surface area (Å²) in [6.45, 7) is 6.44. The molecule has 1 aliphatic rings. The van der Waals surface area contributed by atoms with Crippen molar-refractivity contribution in [2.75, 3.05) is 27.2 Å². The summed E-state index contributed by atoms with van der Waals surface area (Å²) in [5.41, 5.74) is -0.280. The van der Waals surface area contributed by atoms with Crippen LogP contribution in [0, 0.1) is 0 Å². The molecule has 0 radical (unpaired) electrons. The SMILES string of the molecule is CC(C)N1CCC[C@@](CCc2cccc(C(F)(F)F)n2)(N(C)C)C1. The summed E-state index contributed by atoms with van der Waals surface area (Å²) in [6, 6.07) is 4.67. The second kappa shape index (κ2) is 7.40. The van der Waals surface area contributed by atoms with Gasteiger partial charge >= 0.3 is 6.18 Å². The predicted octanol–water partition coefficient (Wildman–Crippen LogP) is 3.84. The Balaban J connectivity index is 2.12. The molecule has 1 aliphatic heterocycles. The third kappa shape index (κ3) is 4.48. The van der Waals surface area contributed by atoms with E-state index in [-0.39, 0.29) is 5.54 Å². The van der Waals surface area contributed by atoms with E-state index < -0.39 is 11.9 Å². The zero-order valence-electron chi connectivity index (χ0n) is 15.0. The highest BCUT2D eigenvalue weighted by molar-refractivity contribution is 5.14. The summed E-state index contributed by atoms with van der Waals surface area (Å²) in [7, 11) is 4.15. The normalized spacial score (nSPS) is 23.2. The summed E-state index contributed by atoms with van der Waals surface area (Å²) in [5, 5.41) is 0. The highest BCUT2D eigenvalue weighted by Crippen LogP contribution is 2.32. The zero-order chi connectivity index (χ0) is 18.0. The number of likely N-dealkylation sites (tertiary alicyclic amines) is 1. The number of rotatable bonds is 5. The first kappa shape index (κ1) is 19.2. The van der Waals surface area contributed by atoms with Crippen LogP contribution in [0.5, 0.6) is 0 Å². The number of aromatic nitrogens is 1. The molecule has 1 aromatic rings. The molecule has 24 heavy (non-hydrogen) atoms. The van der Waals surface area contributed by atoms with Crippen LogP contribution in [0.3, 0.4) is 0 Å². The van der Waals surface area contributed by atoms with E-state index in [1.807, 2.05) is 0 Å². The summed E-state index contributed by atoms with van der Waals surface area (Å²) >= 11 is 0. The Kier molecular flexibility index (Phi) is 5.91. The third-order valence-electron chi connectivity index (χ3n) is 5.21. The van der Waals surface area contributed by atoms with Gasteiger partial charge in [-0.05, 0) is 72.3 Å². The fourth-order valence-electron chi connectivity index (χ4n) is 3.52. The van der Waals surface area contributed by atoms with Gasteiger partial charge in [0.05, 0.1) is 0 Å². The number of nitrogens with zero attached hydrogens (tertiary/aromatic N) is 3. The molecule has 136 valence electrons. The molecule has 0 N–H and O–H groups in total. The Bertz CT molecular complexity index is 543. The molecule has 2 rings (SSSR count). The van der Waals surface area contributed by atoms with Crippen molar-refractivity contribution in [1.29, 1.82) is 0 Å². The lowest BCUT2D eigenvalue weighted by molar-refractivity contribution is -0.141. The van der Waals surface area contributed by atoms with Crippen LogP contribution in [0.4, 0.5) is 13.2 Å². The van der Waals surface area contributed by atoms with E-state index in [2.05, 4.69) is 42.7 Å². The van der Waals surface area contributed by atoms with Crippen LogP contribution in [0.2, 0.25) is 0 Å². The van der Waals surface area contributed by atoms with Crippen LogP contribution in [0.25, 0.3) is 0 Å². The van der Waals surface area contributed by atoms with Crippen molar-refractivity contribution in [3.05, 3.63) is 29.6 Å². The van der Waals surface area contributed by atoms with Crippen LogP contribution in [0.15, 0.2) is 18.2 Å². The molecule has 1 aromatic heterocycles. The number of hydrogen-bond donors (Lipinski definition) is 0. The minimum atomic E-state index is -4.38. The molecule has 0 spiro atoms. The smallest absolute Gasteiger partial charge is 0.302 e. The van der Waals surface area contributed by atoms with Gasteiger partial charge in [0.2, 0.25) is 0 Å². The largest absolute Gasteiger partial charge is 0.433 e. The lowest BCUT2D eigenvalue weighted by Crippen LogP contribution is -2.57. The van der Waals surface area contributed by atoms with Crippen molar-refractivity contribution >= 4 is 0 Å². The van der Waals surface area contributed by atoms with Crippen molar-refractivity contribution in [2.24, 2.45) is 0 Å². The van der Waals surface area contributed by atoms with E-state index in [1.165, 1.54) is 6.07 Å². The average molecular weight is 343 g/mol. The molecule has 0 bridgehead atoms. The number of pyridine rings is 1. The molecular weight excluding hydrogens is 315 g/mol. The molecule has 0 saturated carbocycles. The summed E-state index contributed by atoms with van der Waals surface area (Å²) < 4.78 is 38.5. The van der Waals surface area contributed by atoms with Crippen LogP contribution in [-0.2, 0) is 12.6 Å². The van der Waals surface area contributed by atoms with Crippen LogP contribution in [0.1, 0.15) is 44.5 Å². The molecule has 0 amide bonds. The van der Waals surface area contributed by atoms with Gasteiger partial charge in [-0.3, -0.25) is 4.90 Å². The molecule has 1 atom stereocenters. The molecule has 6 heteroatoms. The highest BCUT2D eigenvalue weighted by atomic mass is 19.4. The van der Waals surface area contributed by atoms with Gasteiger partial charge in [-0.2, -0.15) is 13.2 Å². The summed E-state index contributed by atoms with van der Waals surface area (Å²) in [4.78, 5) is 8.52. The number of alkyl halides is 3. The number of piperidine rings is 1. The van der Waals surface area contributed by atoms with Crippen molar-refractivity contribution < 1.29 is 13.2 Å². The number of hydrogen-bond acceptors (Lipinski definition) is 3. The second-order valence-corrected chi connectivity index (χ2v) is 7.30. The Morgan fingerprint density at radius 1 is 1.29 bits per heavy atom. The quantitative estimate of drug-likeness (QED) is 0.810. The lowest BCUT2D eigenvalue weighted by Gasteiger charge is -2.48. The minimum absolute atomic E-state index is 0.00155. The predicted molar refractivity (Wildman–Crippen MR) is 89.9 cm³/mol. The van der Waals surface area contributed by atoms with Gasteiger partial charge in [0.15, 0.2) is 0 Å². The van der Waals surface area contributed by atoms with E-state index in [0.717, 1.165) is 38.4 Å². The van der Waals surface area contributed by atoms with Gasteiger partial charge in [0, 0.05) is 23.8 Å². The van der Waals surface area contributed by atoms with E-state index in [4.69, 9.17) is 0 Å². The molecule has 1 fully saturated rings. The van der Waals surface area contributed by atoms with Crippen molar-refractivity contribution in [3.63, 3.8) is 0 Å². The molecule has 1 saturated heterocycles. The molecule has 3 nitrogen and oxygen atoms in total.